The van der Waals surface area contributed by atoms with Crippen molar-refractivity contribution in [3.63, 3.8) is 0 Å². The van der Waals surface area contributed by atoms with Crippen molar-refractivity contribution >= 4 is 40.9 Å². The predicted molar refractivity (Wildman–Crippen MR) is 230 cm³/mol. The third-order valence-electron chi connectivity index (χ3n) is 14.8. The number of Topliss-reactive ketones (excluding diaryl/α,β-unsaturated/α-hetero) is 2. The van der Waals surface area contributed by atoms with E-state index in [9.17, 15) is 39.0 Å². The van der Waals surface area contributed by atoms with E-state index in [0.717, 1.165) is 17.1 Å². The fourth-order valence-corrected chi connectivity index (χ4v) is 11.3. The molecule has 2 aromatic rings. The van der Waals surface area contributed by atoms with Crippen molar-refractivity contribution in [1.29, 1.82) is 0 Å². The Bertz CT molecular complexity index is 2420. The Balaban J connectivity index is 0.887. The molecule has 12 atom stereocenters. The molecule has 0 bridgehead atoms. The zero-order valence-corrected chi connectivity index (χ0v) is 36.6. The van der Waals surface area contributed by atoms with Gasteiger partial charge in [-0.15, -0.1) is 0 Å². The van der Waals surface area contributed by atoms with Crippen molar-refractivity contribution in [1.82, 2.24) is 10.2 Å². The van der Waals surface area contributed by atoms with Crippen LogP contribution in [-0.2, 0) is 38.2 Å². The molecule has 0 radical (unpaired) electrons. The molecule has 16 heteroatoms. The van der Waals surface area contributed by atoms with E-state index in [4.69, 9.17) is 14.2 Å². The van der Waals surface area contributed by atoms with E-state index >= 15 is 8.78 Å². The molecule has 0 unspecified atom stereocenters. The molecule has 8 rings (SSSR count). The molecule has 6 aliphatic rings. The predicted octanol–water partition coefficient (Wildman–Crippen LogP) is 5.46. The lowest BCUT2D eigenvalue weighted by molar-refractivity contribution is -0.235. The van der Waals surface area contributed by atoms with Gasteiger partial charge in [-0.05, 0) is 74.4 Å². The summed E-state index contributed by atoms with van der Waals surface area (Å²) in [4.78, 5) is 76.6. The molecule has 14 nitrogen and oxygen atoms in total. The van der Waals surface area contributed by atoms with Crippen molar-refractivity contribution in [3.8, 4) is 11.5 Å². The number of nitrogens with zero attached hydrogens (tertiary/aromatic N) is 1. The maximum Gasteiger partial charge on any atom is 0.253 e. The summed E-state index contributed by atoms with van der Waals surface area (Å²) >= 11 is 0. The van der Waals surface area contributed by atoms with Gasteiger partial charge >= 0.3 is 0 Å². The molecule has 3 saturated carbocycles. The summed E-state index contributed by atoms with van der Waals surface area (Å²) in [5.74, 6) is -4.62. The first-order valence-electron chi connectivity index (χ1n) is 21.9. The van der Waals surface area contributed by atoms with E-state index in [1.807, 2.05) is 0 Å². The van der Waals surface area contributed by atoms with Gasteiger partial charge in [0.2, 0.25) is 11.8 Å². The molecule has 4 aliphatic carbocycles. The van der Waals surface area contributed by atoms with E-state index in [0.29, 0.717) is 28.3 Å². The average molecular weight is 898 g/mol. The molecule has 2 aliphatic heterocycles. The molecule has 2 aromatic carbocycles. The number of aliphatic hydroxyl groups is 2. The number of carbonyl (C=O) groups excluding carboxylic acids is 6. The van der Waals surface area contributed by atoms with Crippen LogP contribution in [0.25, 0.3) is 0 Å². The highest BCUT2D eigenvalue weighted by Gasteiger charge is 2.80. The number of carbonyl (C=O) groups is 6. The Hall–Kier alpha value is -5.68. The summed E-state index contributed by atoms with van der Waals surface area (Å²) in [7, 11) is 0. The third-order valence-corrected chi connectivity index (χ3v) is 14.8. The van der Waals surface area contributed by atoms with Crippen LogP contribution in [-0.4, -0.2) is 99.2 Å². The van der Waals surface area contributed by atoms with Crippen LogP contribution in [0.3, 0.4) is 0 Å². The number of amides is 4. The van der Waals surface area contributed by atoms with Gasteiger partial charge < -0.3 is 35.1 Å². The fourth-order valence-electron chi connectivity index (χ4n) is 11.3. The molecular weight excluding hydrogens is 845 g/mol. The smallest absolute Gasteiger partial charge is 0.253 e. The second kappa shape index (κ2) is 17.0. The van der Waals surface area contributed by atoms with Crippen LogP contribution in [0.15, 0.2) is 96.6 Å². The number of nitrogens with one attached hydrogen (secondary N) is 2. The maximum absolute atomic E-state index is 17.8. The highest BCUT2D eigenvalue weighted by atomic mass is 19.1. The minimum Gasteiger partial charge on any atom is -0.457 e. The van der Waals surface area contributed by atoms with Gasteiger partial charge in [-0.2, -0.15) is 0 Å². The SMILES string of the molecule is C=C1C=C[C@@]2(C)C(=C1)[C@@H](F)C[C@H]1[C@@H]3C[C@H]4O[C@@H](c5ccc(Oc6cccc(NC(=O)[C@H](C)CC(=O)[C@H](C)NC(=O)CCN7C(=O)C=CC7=O)c6)cc5)O[C@@]4(C(=O)CO)[C@@]3(C)C[C@H](O)[C@@]12F. The minimum absolute atomic E-state index is 0.121. The number of halogens is 2. The number of alkyl halides is 2. The molecule has 0 aromatic heterocycles. The highest BCUT2D eigenvalue weighted by Crippen LogP contribution is 2.72. The van der Waals surface area contributed by atoms with Crippen molar-refractivity contribution in [2.45, 2.75) is 102 Å². The van der Waals surface area contributed by atoms with Gasteiger partial charge in [0.25, 0.3) is 11.8 Å². The lowest BCUT2D eigenvalue weighted by atomic mass is 9.44. The topological polar surface area (TPSA) is 198 Å². The highest BCUT2D eigenvalue weighted by molar-refractivity contribution is 6.13. The first kappa shape index (κ1) is 45.9. The molecule has 4 amide bonds. The number of benzene rings is 2. The second-order valence-electron chi connectivity index (χ2n) is 18.6. The molecule has 4 fully saturated rings. The molecule has 0 spiro atoms. The second-order valence-corrected chi connectivity index (χ2v) is 18.6. The van der Waals surface area contributed by atoms with Crippen LogP contribution in [0.4, 0.5) is 14.5 Å². The summed E-state index contributed by atoms with van der Waals surface area (Å²) in [6, 6.07) is 12.4. The van der Waals surface area contributed by atoms with Gasteiger partial charge in [0.05, 0.1) is 18.2 Å². The quantitative estimate of drug-likeness (QED) is 0.176. The molecule has 1 saturated heterocycles. The summed E-state index contributed by atoms with van der Waals surface area (Å²) < 4.78 is 53.0. The van der Waals surface area contributed by atoms with Crippen LogP contribution >= 0.6 is 0 Å². The third kappa shape index (κ3) is 7.57. The minimum atomic E-state index is -2.26. The number of ketones is 2. The summed E-state index contributed by atoms with van der Waals surface area (Å²) in [6.07, 6.45) is 1.37. The van der Waals surface area contributed by atoms with Gasteiger partial charge in [-0.25, -0.2) is 8.78 Å². The first-order chi connectivity index (χ1) is 30.7. The van der Waals surface area contributed by atoms with Crippen molar-refractivity contribution in [3.05, 3.63) is 102 Å². The van der Waals surface area contributed by atoms with E-state index in [-0.39, 0.29) is 50.0 Å². The largest absolute Gasteiger partial charge is 0.457 e. The van der Waals surface area contributed by atoms with Crippen LogP contribution < -0.4 is 15.4 Å². The van der Waals surface area contributed by atoms with E-state index < -0.39 is 107 Å². The Morgan fingerprint density at radius 3 is 2.40 bits per heavy atom. The zero-order valence-electron chi connectivity index (χ0n) is 36.6. The lowest BCUT2D eigenvalue weighted by Gasteiger charge is -2.63. The zero-order chi connectivity index (χ0) is 46.8. The molecular formula is C49H53F2N3O11. The van der Waals surface area contributed by atoms with Gasteiger partial charge in [0.15, 0.2) is 29.1 Å². The van der Waals surface area contributed by atoms with Crippen LogP contribution in [0.2, 0.25) is 0 Å². The first-order valence-corrected chi connectivity index (χ1v) is 21.9. The van der Waals surface area contributed by atoms with Crippen LogP contribution in [0.1, 0.15) is 71.7 Å². The van der Waals surface area contributed by atoms with Crippen molar-refractivity contribution in [2.75, 3.05) is 18.5 Å². The molecule has 4 N–H and O–H groups in total. The number of allylic oxidation sites excluding steroid dienone is 5. The van der Waals surface area contributed by atoms with Gasteiger partial charge in [0.1, 0.15) is 24.3 Å². The average Bonchev–Trinajstić information content (AvgIpc) is 3.89. The number of aliphatic hydroxyl groups excluding tert-OH is 2. The van der Waals surface area contributed by atoms with Crippen LogP contribution in [0, 0.1) is 28.6 Å². The number of hydrogen-bond acceptors (Lipinski definition) is 11. The monoisotopic (exact) mass is 897 g/mol. The number of anilines is 1. The Morgan fingerprint density at radius 2 is 1.71 bits per heavy atom. The standard InChI is InChI=1S/C49H53F2N3O11/c1-26-15-17-46(4)35(19-26)36(50)22-34-33-23-40-49(39(58)25-55,47(33,5)24-38(57)48(34,46)51)65-45(64-40)29-9-11-31(12-10-29)63-32-8-6-7-30(21-32)53-44(62)27(2)20-37(56)28(3)52-41(59)16-18-54-42(60)13-14-43(54)61/h6-15,17,19,21,27-28,33-34,36,38,40,45,55,57H,1,16,18,20,22-25H2,2-5H3,(H,52,59)(H,53,62)/t27-,28+,33+,34+,36+,38+,40-,45-,46+,47+,48+,49-/m1/s1. The summed E-state index contributed by atoms with van der Waals surface area (Å²) in [5.41, 5.74) is -4.97. The van der Waals surface area contributed by atoms with Gasteiger partial charge in [0, 0.05) is 71.5 Å². The van der Waals surface area contributed by atoms with Gasteiger partial charge in [-0.3, -0.25) is 33.7 Å². The Kier molecular flexibility index (Phi) is 12.0. The van der Waals surface area contributed by atoms with Crippen LogP contribution in [0.5, 0.6) is 11.5 Å². The number of fused-ring (bicyclic) bond motifs is 7. The number of ether oxygens (including phenoxy) is 3. The van der Waals surface area contributed by atoms with Crippen molar-refractivity contribution in [2.24, 2.45) is 28.6 Å². The summed E-state index contributed by atoms with van der Waals surface area (Å²) in [6.45, 7) is 9.34. The fraction of sp³-hybridized carbons (Fsp3) is 0.469. The van der Waals surface area contributed by atoms with Gasteiger partial charge in [-0.1, -0.05) is 56.9 Å². The van der Waals surface area contributed by atoms with E-state index in [2.05, 4.69) is 17.2 Å². The van der Waals surface area contributed by atoms with Crippen molar-refractivity contribution < 1.29 is 62.0 Å². The van der Waals surface area contributed by atoms with E-state index in [1.54, 1.807) is 87.5 Å². The number of hydrogen-bond donors (Lipinski definition) is 4. The molecule has 65 heavy (non-hydrogen) atoms. The normalized spacial score (nSPS) is 34.2. The molecule has 344 valence electrons. The number of rotatable bonds is 14. The lowest BCUT2D eigenvalue weighted by Crippen LogP contribution is -2.70. The maximum atomic E-state index is 17.8. The van der Waals surface area contributed by atoms with E-state index in [1.165, 1.54) is 6.92 Å². The Labute approximate surface area is 374 Å². The number of imide groups is 1. The molecule has 2 heterocycles. The Morgan fingerprint density at radius 1 is 1.00 bits per heavy atom. The summed E-state index contributed by atoms with van der Waals surface area (Å²) in [5, 5.41) is 27.5.